The summed E-state index contributed by atoms with van der Waals surface area (Å²) < 4.78 is 37.1. The molecule has 0 atom stereocenters. The Balaban J connectivity index is 1.63. The Morgan fingerprint density at radius 2 is 1.85 bits per heavy atom. The zero-order chi connectivity index (χ0) is 19.4. The molecule has 0 aliphatic rings. The standard InChI is InChI=1S/C17H15Cl2N3O4S/c1-25-13-5-3-12(4-6-13)17-21-16(26-22-17)9-20-27(23,24)10-11-2-7-14(18)15(19)8-11/h2-8,20H,9-10H2,1H3. The van der Waals surface area contributed by atoms with Crippen LogP contribution in [0, 0.1) is 0 Å². The Bertz CT molecular complexity index is 1040. The summed E-state index contributed by atoms with van der Waals surface area (Å²) in [5.41, 5.74) is 1.24. The van der Waals surface area contributed by atoms with E-state index in [0.29, 0.717) is 27.2 Å². The summed E-state index contributed by atoms with van der Waals surface area (Å²) in [6, 6.07) is 11.8. The van der Waals surface area contributed by atoms with Gasteiger partial charge in [0.05, 0.1) is 29.5 Å². The molecule has 1 N–H and O–H groups in total. The predicted octanol–water partition coefficient (Wildman–Crippen LogP) is 3.67. The second kappa shape index (κ2) is 8.26. The van der Waals surface area contributed by atoms with Gasteiger partial charge >= 0.3 is 0 Å². The first-order valence-corrected chi connectivity index (χ1v) is 10.2. The topological polar surface area (TPSA) is 94.3 Å². The van der Waals surface area contributed by atoms with E-state index in [4.69, 9.17) is 32.5 Å². The van der Waals surface area contributed by atoms with Crippen LogP contribution >= 0.6 is 23.2 Å². The van der Waals surface area contributed by atoms with Gasteiger partial charge in [0.2, 0.25) is 21.7 Å². The van der Waals surface area contributed by atoms with Gasteiger partial charge in [-0.05, 0) is 42.0 Å². The monoisotopic (exact) mass is 427 g/mol. The van der Waals surface area contributed by atoms with Gasteiger partial charge in [0.25, 0.3) is 0 Å². The van der Waals surface area contributed by atoms with Gasteiger partial charge in [-0.2, -0.15) is 4.98 Å². The number of nitrogens with zero attached hydrogens (tertiary/aromatic N) is 2. The average Bonchev–Trinajstić information content (AvgIpc) is 3.12. The predicted molar refractivity (Wildman–Crippen MR) is 102 cm³/mol. The molecule has 142 valence electrons. The minimum Gasteiger partial charge on any atom is -0.497 e. The maximum absolute atomic E-state index is 12.2. The van der Waals surface area contributed by atoms with Crippen LogP contribution < -0.4 is 9.46 Å². The number of rotatable bonds is 7. The first-order valence-electron chi connectivity index (χ1n) is 7.74. The van der Waals surface area contributed by atoms with Crippen LogP contribution in [-0.2, 0) is 22.3 Å². The van der Waals surface area contributed by atoms with Gasteiger partial charge in [-0.3, -0.25) is 0 Å². The van der Waals surface area contributed by atoms with Crippen molar-refractivity contribution in [2.75, 3.05) is 7.11 Å². The zero-order valence-corrected chi connectivity index (χ0v) is 16.5. The molecule has 1 heterocycles. The first kappa shape index (κ1) is 19.6. The van der Waals surface area contributed by atoms with E-state index in [9.17, 15) is 8.42 Å². The highest BCUT2D eigenvalue weighted by atomic mass is 35.5. The number of benzene rings is 2. The Morgan fingerprint density at radius 3 is 2.52 bits per heavy atom. The van der Waals surface area contributed by atoms with Crippen LogP contribution in [0.3, 0.4) is 0 Å². The molecule has 0 fully saturated rings. The van der Waals surface area contributed by atoms with Crippen LogP contribution in [-0.4, -0.2) is 25.7 Å². The summed E-state index contributed by atoms with van der Waals surface area (Å²) in [6.45, 7) is -0.118. The van der Waals surface area contributed by atoms with Crippen molar-refractivity contribution in [2.45, 2.75) is 12.3 Å². The van der Waals surface area contributed by atoms with E-state index in [2.05, 4.69) is 14.9 Å². The van der Waals surface area contributed by atoms with Crippen molar-refractivity contribution in [2.24, 2.45) is 0 Å². The summed E-state index contributed by atoms with van der Waals surface area (Å²) in [7, 11) is -2.05. The minimum absolute atomic E-state index is 0.118. The molecule has 0 saturated carbocycles. The third-order valence-corrected chi connectivity index (χ3v) is 5.64. The van der Waals surface area contributed by atoms with Gasteiger partial charge in [0.1, 0.15) is 5.75 Å². The molecule has 3 aromatic rings. The molecule has 27 heavy (non-hydrogen) atoms. The number of hydrogen-bond acceptors (Lipinski definition) is 6. The lowest BCUT2D eigenvalue weighted by atomic mass is 10.2. The van der Waals surface area contributed by atoms with Crippen LogP contribution in [0.1, 0.15) is 11.5 Å². The van der Waals surface area contributed by atoms with E-state index < -0.39 is 10.0 Å². The molecule has 10 heteroatoms. The Kier molecular flexibility index (Phi) is 6.01. The fraction of sp³-hybridized carbons (Fsp3) is 0.176. The van der Waals surface area contributed by atoms with Crippen molar-refractivity contribution in [1.29, 1.82) is 0 Å². The highest BCUT2D eigenvalue weighted by Gasteiger charge is 2.15. The van der Waals surface area contributed by atoms with E-state index in [1.54, 1.807) is 43.5 Å². The summed E-state index contributed by atoms with van der Waals surface area (Å²) in [5.74, 6) is 0.969. The van der Waals surface area contributed by atoms with E-state index in [0.717, 1.165) is 5.56 Å². The Labute approximate surface area is 166 Å². The second-order valence-electron chi connectivity index (χ2n) is 5.57. The maximum atomic E-state index is 12.2. The summed E-state index contributed by atoms with van der Waals surface area (Å²) in [5, 5.41) is 4.51. The number of ether oxygens (including phenoxy) is 1. The van der Waals surface area contributed by atoms with Crippen LogP contribution in [0.2, 0.25) is 10.0 Å². The third-order valence-electron chi connectivity index (χ3n) is 3.60. The number of halogens is 2. The molecule has 0 aliphatic carbocycles. The van der Waals surface area contributed by atoms with Crippen molar-refractivity contribution < 1.29 is 17.7 Å². The lowest BCUT2D eigenvalue weighted by Gasteiger charge is -2.06. The van der Waals surface area contributed by atoms with Gasteiger partial charge in [-0.1, -0.05) is 34.4 Å². The number of methoxy groups -OCH3 is 1. The summed E-state index contributed by atoms with van der Waals surface area (Å²) in [4.78, 5) is 4.19. The highest BCUT2D eigenvalue weighted by Crippen LogP contribution is 2.23. The normalized spacial score (nSPS) is 11.5. The molecular formula is C17H15Cl2N3O4S. The van der Waals surface area contributed by atoms with Gasteiger partial charge in [0, 0.05) is 5.56 Å². The SMILES string of the molecule is COc1ccc(-c2noc(CNS(=O)(=O)Cc3ccc(Cl)c(Cl)c3)n2)cc1. The quantitative estimate of drug-likeness (QED) is 0.617. The molecule has 3 rings (SSSR count). The van der Waals surface area contributed by atoms with Crippen molar-refractivity contribution in [3.8, 4) is 17.1 Å². The fourth-order valence-corrected chi connectivity index (χ4v) is 3.64. The zero-order valence-electron chi connectivity index (χ0n) is 14.1. The van der Waals surface area contributed by atoms with Gasteiger partial charge in [-0.25, -0.2) is 13.1 Å². The van der Waals surface area contributed by atoms with Gasteiger partial charge in [0.15, 0.2) is 0 Å². The molecule has 0 saturated heterocycles. The molecular weight excluding hydrogens is 413 g/mol. The molecule has 7 nitrogen and oxygen atoms in total. The molecule has 0 spiro atoms. The molecule has 0 aliphatic heterocycles. The summed E-state index contributed by atoms with van der Waals surface area (Å²) in [6.07, 6.45) is 0. The third kappa shape index (κ3) is 5.20. The van der Waals surface area contributed by atoms with Gasteiger partial charge < -0.3 is 9.26 Å². The van der Waals surface area contributed by atoms with E-state index in [-0.39, 0.29) is 18.2 Å². The fourth-order valence-electron chi connectivity index (χ4n) is 2.26. The average molecular weight is 428 g/mol. The molecule has 0 unspecified atom stereocenters. The minimum atomic E-state index is -3.62. The van der Waals surface area contributed by atoms with Gasteiger partial charge in [-0.15, -0.1) is 0 Å². The van der Waals surface area contributed by atoms with Crippen LogP contribution in [0.5, 0.6) is 5.75 Å². The number of hydrogen-bond donors (Lipinski definition) is 1. The van der Waals surface area contributed by atoms with Crippen molar-refractivity contribution in [3.63, 3.8) is 0 Å². The smallest absolute Gasteiger partial charge is 0.242 e. The highest BCUT2D eigenvalue weighted by molar-refractivity contribution is 7.88. The molecule has 0 radical (unpaired) electrons. The lowest BCUT2D eigenvalue weighted by molar-refractivity contribution is 0.376. The van der Waals surface area contributed by atoms with Crippen LogP contribution in [0.25, 0.3) is 11.4 Å². The largest absolute Gasteiger partial charge is 0.497 e. The van der Waals surface area contributed by atoms with Crippen LogP contribution in [0.15, 0.2) is 47.0 Å². The number of sulfonamides is 1. The van der Waals surface area contributed by atoms with Crippen LogP contribution in [0.4, 0.5) is 0 Å². The molecule has 1 aromatic heterocycles. The van der Waals surface area contributed by atoms with E-state index >= 15 is 0 Å². The van der Waals surface area contributed by atoms with Crippen molar-refractivity contribution in [1.82, 2.24) is 14.9 Å². The number of aromatic nitrogens is 2. The maximum Gasteiger partial charge on any atom is 0.242 e. The van der Waals surface area contributed by atoms with Crippen molar-refractivity contribution >= 4 is 33.2 Å². The summed E-state index contributed by atoms with van der Waals surface area (Å²) >= 11 is 11.7. The lowest BCUT2D eigenvalue weighted by Crippen LogP contribution is -2.24. The molecule has 0 amide bonds. The van der Waals surface area contributed by atoms with Crippen molar-refractivity contribution in [3.05, 3.63) is 64.0 Å². The van der Waals surface area contributed by atoms with E-state index in [1.807, 2.05) is 0 Å². The molecule has 0 bridgehead atoms. The van der Waals surface area contributed by atoms with E-state index in [1.165, 1.54) is 6.07 Å². The Morgan fingerprint density at radius 1 is 1.11 bits per heavy atom. The molecule has 2 aromatic carbocycles. The number of nitrogens with one attached hydrogen (secondary N) is 1. The first-order chi connectivity index (χ1) is 12.9. The Hall–Kier alpha value is -2.13. The second-order valence-corrected chi connectivity index (χ2v) is 8.19.